The van der Waals surface area contributed by atoms with Gasteiger partial charge < -0.3 is 15.4 Å². The highest BCUT2D eigenvalue weighted by molar-refractivity contribution is 5.93. The summed E-state index contributed by atoms with van der Waals surface area (Å²) in [5.74, 6) is 0.352. The van der Waals surface area contributed by atoms with Crippen molar-refractivity contribution in [2.75, 3.05) is 7.05 Å². The lowest BCUT2D eigenvalue weighted by Crippen LogP contribution is -2.35. The highest BCUT2D eigenvalue weighted by atomic mass is 16.5. The van der Waals surface area contributed by atoms with E-state index in [2.05, 4.69) is 10.6 Å². The van der Waals surface area contributed by atoms with E-state index in [9.17, 15) is 9.59 Å². The molecule has 0 fully saturated rings. The molecule has 0 spiro atoms. The SMILES string of the molecule is CNC(=O)c1ccc(CNC(=O)C(C)Oc2cccc(C)c2)cc1. The Morgan fingerprint density at radius 3 is 2.46 bits per heavy atom. The second-order valence-corrected chi connectivity index (χ2v) is 5.57. The molecule has 1 unspecified atom stereocenters. The lowest BCUT2D eigenvalue weighted by Gasteiger charge is -2.15. The number of amides is 2. The molecule has 0 radical (unpaired) electrons. The highest BCUT2D eigenvalue weighted by Crippen LogP contribution is 2.14. The quantitative estimate of drug-likeness (QED) is 0.857. The smallest absolute Gasteiger partial charge is 0.261 e. The normalized spacial score (nSPS) is 11.5. The van der Waals surface area contributed by atoms with Gasteiger partial charge in [0.05, 0.1) is 0 Å². The summed E-state index contributed by atoms with van der Waals surface area (Å²) in [6.07, 6.45) is -0.586. The highest BCUT2D eigenvalue weighted by Gasteiger charge is 2.14. The molecular formula is C19H22N2O3. The van der Waals surface area contributed by atoms with Gasteiger partial charge in [0.25, 0.3) is 11.8 Å². The van der Waals surface area contributed by atoms with Gasteiger partial charge in [0.15, 0.2) is 6.10 Å². The number of hydrogen-bond donors (Lipinski definition) is 2. The minimum atomic E-state index is -0.586. The first-order valence-electron chi connectivity index (χ1n) is 7.81. The van der Waals surface area contributed by atoms with E-state index in [0.29, 0.717) is 17.9 Å². The Labute approximate surface area is 142 Å². The minimum Gasteiger partial charge on any atom is -0.481 e. The summed E-state index contributed by atoms with van der Waals surface area (Å²) in [5, 5.41) is 5.40. The summed E-state index contributed by atoms with van der Waals surface area (Å²) in [6.45, 7) is 4.07. The second kappa shape index (κ2) is 8.15. The summed E-state index contributed by atoms with van der Waals surface area (Å²) < 4.78 is 5.65. The maximum Gasteiger partial charge on any atom is 0.261 e. The number of carbonyl (C=O) groups excluding carboxylic acids is 2. The Balaban J connectivity index is 1.87. The zero-order valence-corrected chi connectivity index (χ0v) is 14.1. The summed E-state index contributed by atoms with van der Waals surface area (Å²) in [5.41, 5.74) is 2.58. The molecule has 2 aromatic rings. The van der Waals surface area contributed by atoms with Crippen molar-refractivity contribution in [3.05, 3.63) is 65.2 Å². The number of benzene rings is 2. The van der Waals surface area contributed by atoms with Crippen LogP contribution in [0.3, 0.4) is 0 Å². The van der Waals surface area contributed by atoms with Crippen molar-refractivity contribution in [3.63, 3.8) is 0 Å². The van der Waals surface area contributed by atoms with E-state index in [1.54, 1.807) is 26.1 Å². The van der Waals surface area contributed by atoms with E-state index in [1.807, 2.05) is 43.3 Å². The molecule has 0 saturated carbocycles. The molecule has 0 aliphatic rings. The zero-order chi connectivity index (χ0) is 17.5. The fraction of sp³-hybridized carbons (Fsp3) is 0.263. The number of carbonyl (C=O) groups is 2. The molecule has 24 heavy (non-hydrogen) atoms. The average Bonchev–Trinajstić information content (AvgIpc) is 2.59. The van der Waals surface area contributed by atoms with Crippen LogP contribution in [-0.4, -0.2) is 25.0 Å². The van der Waals surface area contributed by atoms with Gasteiger partial charge in [-0.2, -0.15) is 0 Å². The molecule has 2 aromatic carbocycles. The third-order valence-electron chi connectivity index (χ3n) is 3.58. The number of aryl methyl sites for hydroxylation is 1. The molecule has 0 aromatic heterocycles. The van der Waals surface area contributed by atoms with Crippen LogP contribution in [0.2, 0.25) is 0 Å². The predicted octanol–water partition coefficient (Wildman–Crippen LogP) is 2.44. The van der Waals surface area contributed by atoms with E-state index in [1.165, 1.54) is 0 Å². The molecule has 1 atom stereocenters. The maximum absolute atomic E-state index is 12.1. The molecule has 2 N–H and O–H groups in total. The molecule has 0 aliphatic carbocycles. The molecule has 2 amide bonds. The fourth-order valence-corrected chi connectivity index (χ4v) is 2.20. The number of rotatable bonds is 6. The van der Waals surface area contributed by atoms with Gasteiger partial charge in [0.2, 0.25) is 0 Å². The van der Waals surface area contributed by atoms with E-state index < -0.39 is 6.10 Å². The number of nitrogens with one attached hydrogen (secondary N) is 2. The molecule has 2 rings (SSSR count). The van der Waals surface area contributed by atoms with E-state index in [0.717, 1.165) is 11.1 Å². The molecule has 0 aliphatic heterocycles. The number of ether oxygens (including phenoxy) is 1. The molecule has 0 bridgehead atoms. The van der Waals surface area contributed by atoms with Gasteiger partial charge in [-0.15, -0.1) is 0 Å². The van der Waals surface area contributed by atoms with Crippen molar-refractivity contribution in [1.29, 1.82) is 0 Å². The summed E-state index contributed by atoms with van der Waals surface area (Å²) in [7, 11) is 1.59. The third-order valence-corrected chi connectivity index (χ3v) is 3.58. The molecular weight excluding hydrogens is 304 g/mol. The maximum atomic E-state index is 12.1. The Morgan fingerprint density at radius 2 is 1.83 bits per heavy atom. The standard InChI is InChI=1S/C19H22N2O3/c1-13-5-4-6-17(11-13)24-14(2)18(22)21-12-15-7-9-16(10-8-15)19(23)20-3/h4-11,14H,12H2,1-3H3,(H,20,23)(H,21,22). The van der Waals surface area contributed by atoms with Gasteiger partial charge in [-0.25, -0.2) is 0 Å². The Bertz CT molecular complexity index is 711. The van der Waals surface area contributed by atoms with Crippen molar-refractivity contribution in [2.24, 2.45) is 0 Å². The third kappa shape index (κ3) is 4.84. The van der Waals surface area contributed by atoms with Crippen LogP contribution < -0.4 is 15.4 Å². The van der Waals surface area contributed by atoms with Crippen LogP contribution in [0.1, 0.15) is 28.4 Å². The zero-order valence-electron chi connectivity index (χ0n) is 14.1. The van der Waals surface area contributed by atoms with Crippen LogP contribution in [0.4, 0.5) is 0 Å². The van der Waals surface area contributed by atoms with Crippen LogP contribution >= 0.6 is 0 Å². The molecule has 0 saturated heterocycles. The van der Waals surface area contributed by atoms with E-state index in [4.69, 9.17) is 4.74 Å². The van der Waals surface area contributed by atoms with Gasteiger partial charge in [0.1, 0.15) is 5.75 Å². The summed E-state index contributed by atoms with van der Waals surface area (Å²) in [6, 6.07) is 14.7. The van der Waals surface area contributed by atoms with Gasteiger partial charge in [-0.05, 0) is 49.2 Å². The van der Waals surface area contributed by atoms with Gasteiger partial charge in [0, 0.05) is 19.2 Å². The van der Waals surface area contributed by atoms with Gasteiger partial charge >= 0.3 is 0 Å². The first kappa shape index (κ1) is 17.5. The molecule has 5 heteroatoms. The van der Waals surface area contributed by atoms with Crippen molar-refractivity contribution < 1.29 is 14.3 Å². The Hall–Kier alpha value is -2.82. The van der Waals surface area contributed by atoms with Crippen LogP contribution in [0.25, 0.3) is 0 Å². The second-order valence-electron chi connectivity index (χ2n) is 5.57. The van der Waals surface area contributed by atoms with Crippen LogP contribution in [0.15, 0.2) is 48.5 Å². The van der Waals surface area contributed by atoms with Crippen LogP contribution in [-0.2, 0) is 11.3 Å². The monoisotopic (exact) mass is 326 g/mol. The first-order chi connectivity index (χ1) is 11.5. The Kier molecular flexibility index (Phi) is 5.95. The van der Waals surface area contributed by atoms with Crippen LogP contribution in [0.5, 0.6) is 5.75 Å². The van der Waals surface area contributed by atoms with E-state index >= 15 is 0 Å². The molecule has 5 nitrogen and oxygen atoms in total. The Morgan fingerprint density at radius 1 is 1.12 bits per heavy atom. The lowest BCUT2D eigenvalue weighted by molar-refractivity contribution is -0.127. The largest absolute Gasteiger partial charge is 0.481 e. The van der Waals surface area contributed by atoms with Gasteiger partial charge in [-0.3, -0.25) is 9.59 Å². The first-order valence-corrected chi connectivity index (χ1v) is 7.81. The van der Waals surface area contributed by atoms with Crippen LogP contribution in [0, 0.1) is 6.92 Å². The van der Waals surface area contributed by atoms with Crippen molar-refractivity contribution in [1.82, 2.24) is 10.6 Å². The topological polar surface area (TPSA) is 67.4 Å². The molecule has 126 valence electrons. The molecule has 0 heterocycles. The fourth-order valence-electron chi connectivity index (χ4n) is 2.20. The van der Waals surface area contributed by atoms with Gasteiger partial charge in [-0.1, -0.05) is 24.3 Å². The minimum absolute atomic E-state index is 0.134. The summed E-state index contributed by atoms with van der Waals surface area (Å²) in [4.78, 5) is 23.6. The summed E-state index contributed by atoms with van der Waals surface area (Å²) >= 11 is 0. The van der Waals surface area contributed by atoms with Crippen molar-refractivity contribution in [3.8, 4) is 5.75 Å². The predicted molar refractivity (Wildman–Crippen MR) is 92.9 cm³/mol. The number of hydrogen-bond acceptors (Lipinski definition) is 3. The van der Waals surface area contributed by atoms with Crippen molar-refractivity contribution in [2.45, 2.75) is 26.5 Å². The van der Waals surface area contributed by atoms with E-state index in [-0.39, 0.29) is 11.8 Å². The lowest BCUT2D eigenvalue weighted by atomic mass is 10.1. The average molecular weight is 326 g/mol. The van der Waals surface area contributed by atoms with Crippen molar-refractivity contribution >= 4 is 11.8 Å².